The second kappa shape index (κ2) is 6.31. The van der Waals surface area contributed by atoms with E-state index >= 15 is 0 Å². The van der Waals surface area contributed by atoms with Gasteiger partial charge in [0.05, 0.1) is 5.92 Å². The molecule has 2 atom stereocenters. The molecule has 0 saturated carbocycles. The SMILES string of the molecule is CCC(C)C(C)C(=O)OCc1ccccc1. The molecule has 0 heterocycles. The van der Waals surface area contributed by atoms with E-state index in [1.165, 1.54) is 0 Å². The second-order valence-electron chi connectivity index (χ2n) is 4.27. The zero-order valence-electron chi connectivity index (χ0n) is 10.3. The predicted molar refractivity (Wildman–Crippen MR) is 64.9 cm³/mol. The lowest BCUT2D eigenvalue weighted by atomic mass is 9.94. The summed E-state index contributed by atoms with van der Waals surface area (Å²) in [5, 5.41) is 0. The topological polar surface area (TPSA) is 26.3 Å². The van der Waals surface area contributed by atoms with Gasteiger partial charge in [0.25, 0.3) is 0 Å². The first-order valence-corrected chi connectivity index (χ1v) is 5.85. The lowest BCUT2D eigenvalue weighted by molar-refractivity contribution is -0.151. The van der Waals surface area contributed by atoms with Crippen LogP contribution in [0, 0.1) is 11.8 Å². The average Bonchev–Trinajstić information content (AvgIpc) is 2.35. The van der Waals surface area contributed by atoms with Crippen LogP contribution in [0.25, 0.3) is 0 Å². The Bertz CT molecular complexity index is 319. The molecule has 0 N–H and O–H groups in total. The van der Waals surface area contributed by atoms with E-state index in [0.29, 0.717) is 12.5 Å². The van der Waals surface area contributed by atoms with E-state index < -0.39 is 0 Å². The molecule has 0 aliphatic heterocycles. The maximum absolute atomic E-state index is 11.7. The zero-order chi connectivity index (χ0) is 12.0. The van der Waals surface area contributed by atoms with E-state index in [1.807, 2.05) is 37.3 Å². The summed E-state index contributed by atoms with van der Waals surface area (Å²) in [5.41, 5.74) is 1.03. The molecule has 88 valence electrons. The van der Waals surface area contributed by atoms with Crippen LogP contribution in [0.15, 0.2) is 30.3 Å². The monoisotopic (exact) mass is 220 g/mol. The van der Waals surface area contributed by atoms with Gasteiger partial charge < -0.3 is 4.74 Å². The summed E-state index contributed by atoms with van der Waals surface area (Å²) in [6.07, 6.45) is 1.00. The summed E-state index contributed by atoms with van der Waals surface area (Å²) in [4.78, 5) is 11.7. The highest BCUT2D eigenvalue weighted by molar-refractivity contribution is 5.72. The Kier molecular flexibility index (Phi) is 5.03. The normalized spacial score (nSPS) is 14.2. The molecule has 0 fully saturated rings. The lowest BCUT2D eigenvalue weighted by Crippen LogP contribution is -2.20. The number of carbonyl (C=O) groups is 1. The molecule has 0 aliphatic carbocycles. The molecule has 0 aromatic heterocycles. The maximum Gasteiger partial charge on any atom is 0.309 e. The molecule has 2 unspecified atom stereocenters. The molecule has 2 nitrogen and oxygen atoms in total. The number of hydrogen-bond donors (Lipinski definition) is 0. The van der Waals surface area contributed by atoms with Gasteiger partial charge in [-0.15, -0.1) is 0 Å². The number of carbonyl (C=O) groups excluding carboxylic acids is 1. The lowest BCUT2D eigenvalue weighted by Gasteiger charge is -2.16. The van der Waals surface area contributed by atoms with Crippen LogP contribution in [0.3, 0.4) is 0 Å². The van der Waals surface area contributed by atoms with Crippen molar-refractivity contribution in [3.63, 3.8) is 0 Å². The molecule has 0 aliphatic rings. The van der Waals surface area contributed by atoms with Crippen molar-refractivity contribution in [2.24, 2.45) is 11.8 Å². The third kappa shape index (κ3) is 3.69. The van der Waals surface area contributed by atoms with Gasteiger partial charge in [-0.05, 0) is 11.5 Å². The van der Waals surface area contributed by atoms with Gasteiger partial charge in [0.1, 0.15) is 6.61 Å². The Morgan fingerprint density at radius 3 is 2.44 bits per heavy atom. The fourth-order valence-corrected chi connectivity index (χ4v) is 1.45. The van der Waals surface area contributed by atoms with Crippen molar-refractivity contribution in [3.8, 4) is 0 Å². The van der Waals surface area contributed by atoms with Gasteiger partial charge in [-0.1, -0.05) is 57.5 Å². The third-order valence-electron chi connectivity index (χ3n) is 3.09. The summed E-state index contributed by atoms with van der Waals surface area (Å²) in [6.45, 7) is 6.47. The molecular formula is C14H20O2. The molecule has 0 saturated heterocycles. The van der Waals surface area contributed by atoms with E-state index in [1.54, 1.807) is 0 Å². The summed E-state index contributed by atoms with van der Waals surface area (Å²) < 4.78 is 5.27. The molecule has 0 spiro atoms. The number of ether oxygens (including phenoxy) is 1. The van der Waals surface area contributed by atoms with Crippen LogP contribution in [-0.4, -0.2) is 5.97 Å². The number of benzene rings is 1. The van der Waals surface area contributed by atoms with Crippen molar-refractivity contribution in [3.05, 3.63) is 35.9 Å². The first-order valence-electron chi connectivity index (χ1n) is 5.85. The van der Waals surface area contributed by atoms with Crippen LogP contribution < -0.4 is 0 Å². The van der Waals surface area contributed by atoms with Crippen molar-refractivity contribution < 1.29 is 9.53 Å². The van der Waals surface area contributed by atoms with Gasteiger partial charge in [0.15, 0.2) is 0 Å². The van der Waals surface area contributed by atoms with Gasteiger partial charge in [0, 0.05) is 0 Å². The minimum absolute atomic E-state index is 0.0197. The summed E-state index contributed by atoms with van der Waals surface area (Å²) in [5.74, 6) is 0.259. The first kappa shape index (κ1) is 12.8. The average molecular weight is 220 g/mol. The zero-order valence-corrected chi connectivity index (χ0v) is 10.3. The molecule has 2 heteroatoms. The Hall–Kier alpha value is -1.31. The van der Waals surface area contributed by atoms with Crippen molar-refractivity contribution in [1.29, 1.82) is 0 Å². The molecule has 0 amide bonds. The molecule has 16 heavy (non-hydrogen) atoms. The minimum atomic E-state index is -0.0989. The van der Waals surface area contributed by atoms with Crippen molar-refractivity contribution in [1.82, 2.24) is 0 Å². The van der Waals surface area contributed by atoms with E-state index in [-0.39, 0.29) is 11.9 Å². The molecule has 1 rings (SSSR count). The highest BCUT2D eigenvalue weighted by Crippen LogP contribution is 2.16. The number of esters is 1. The highest BCUT2D eigenvalue weighted by atomic mass is 16.5. The van der Waals surface area contributed by atoms with Crippen molar-refractivity contribution >= 4 is 5.97 Å². The molecule has 0 bridgehead atoms. The maximum atomic E-state index is 11.7. The first-order chi connectivity index (χ1) is 7.65. The summed E-state index contributed by atoms with van der Waals surface area (Å²) in [7, 11) is 0. The molecule has 0 radical (unpaired) electrons. The van der Waals surface area contributed by atoms with E-state index in [2.05, 4.69) is 13.8 Å². The third-order valence-corrected chi connectivity index (χ3v) is 3.09. The van der Waals surface area contributed by atoms with E-state index in [0.717, 1.165) is 12.0 Å². The van der Waals surface area contributed by atoms with Crippen molar-refractivity contribution in [2.75, 3.05) is 0 Å². The van der Waals surface area contributed by atoms with Crippen LogP contribution in [0.1, 0.15) is 32.8 Å². The molecular weight excluding hydrogens is 200 g/mol. The summed E-state index contributed by atoms with van der Waals surface area (Å²) >= 11 is 0. The van der Waals surface area contributed by atoms with Crippen LogP contribution in [0.2, 0.25) is 0 Å². The fourth-order valence-electron chi connectivity index (χ4n) is 1.45. The number of hydrogen-bond acceptors (Lipinski definition) is 2. The van der Waals surface area contributed by atoms with Gasteiger partial charge in [-0.25, -0.2) is 0 Å². The molecule has 1 aromatic carbocycles. The number of rotatable bonds is 5. The van der Waals surface area contributed by atoms with Gasteiger partial charge in [-0.3, -0.25) is 4.79 Å². The van der Waals surface area contributed by atoms with Crippen LogP contribution >= 0.6 is 0 Å². The quantitative estimate of drug-likeness (QED) is 0.711. The Labute approximate surface area is 97.6 Å². The Morgan fingerprint density at radius 1 is 1.25 bits per heavy atom. The van der Waals surface area contributed by atoms with Crippen LogP contribution in [0.4, 0.5) is 0 Å². The van der Waals surface area contributed by atoms with Gasteiger partial charge >= 0.3 is 5.97 Å². The Morgan fingerprint density at radius 2 is 1.88 bits per heavy atom. The standard InChI is InChI=1S/C14H20O2/c1-4-11(2)12(3)14(15)16-10-13-8-6-5-7-9-13/h5-9,11-12H,4,10H2,1-3H3. The van der Waals surface area contributed by atoms with E-state index in [9.17, 15) is 4.79 Å². The fraction of sp³-hybridized carbons (Fsp3) is 0.500. The summed E-state index contributed by atoms with van der Waals surface area (Å²) in [6, 6.07) is 9.76. The minimum Gasteiger partial charge on any atom is -0.461 e. The smallest absolute Gasteiger partial charge is 0.309 e. The van der Waals surface area contributed by atoms with Gasteiger partial charge in [-0.2, -0.15) is 0 Å². The van der Waals surface area contributed by atoms with Gasteiger partial charge in [0.2, 0.25) is 0 Å². The Balaban J connectivity index is 2.41. The van der Waals surface area contributed by atoms with Crippen LogP contribution in [-0.2, 0) is 16.1 Å². The predicted octanol–water partition coefficient (Wildman–Crippen LogP) is 3.41. The van der Waals surface area contributed by atoms with Crippen LogP contribution in [0.5, 0.6) is 0 Å². The van der Waals surface area contributed by atoms with E-state index in [4.69, 9.17) is 4.74 Å². The van der Waals surface area contributed by atoms with Crippen molar-refractivity contribution in [2.45, 2.75) is 33.8 Å². The molecule has 1 aromatic rings. The largest absolute Gasteiger partial charge is 0.461 e. The second-order valence-corrected chi connectivity index (χ2v) is 4.27. The highest BCUT2D eigenvalue weighted by Gasteiger charge is 2.19.